The molecule has 3 unspecified atom stereocenters. The number of piperazine rings is 1. The molecule has 4 atom stereocenters. The molecule has 1 aliphatic carbocycles. The Kier molecular flexibility index (Phi) is 6.86. The van der Waals surface area contributed by atoms with E-state index in [2.05, 4.69) is 20.4 Å². The minimum absolute atomic E-state index is 0.00354. The lowest BCUT2D eigenvalue weighted by atomic mass is 9.54. The Labute approximate surface area is 187 Å². The number of nitrogens with one attached hydrogen (secondary N) is 2. The molecule has 4 saturated heterocycles. The molecule has 5 aliphatic rings. The predicted molar refractivity (Wildman–Crippen MR) is 122 cm³/mol. The van der Waals surface area contributed by atoms with Crippen LogP contribution in [0.3, 0.4) is 0 Å². The Morgan fingerprint density at radius 2 is 1.71 bits per heavy atom. The molecular weight excluding hydrogens is 390 g/mol. The second-order valence-electron chi connectivity index (χ2n) is 10.8. The first-order chi connectivity index (χ1) is 15.2. The third-order valence-corrected chi connectivity index (χ3v) is 9.39. The van der Waals surface area contributed by atoms with Gasteiger partial charge in [-0.25, -0.2) is 0 Å². The Balaban J connectivity index is 1.18. The van der Waals surface area contributed by atoms with E-state index in [-0.39, 0.29) is 17.5 Å². The number of nitrogens with zero attached hydrogens (tertiary/aromatic N) is 2. The number of ether oxygens (including phenoxy) is 1. The Morgan fingerprint density at radius 1 is 0.935 bits per heavy atom. The van der Waals surface area contributed by atoms with Gasteiger partial charge in [-0.05, 0) is 62.4 Å². The maximum absolute atomic E-state index is 13.2. The van der Waals surface area contributed by atoms with E-state index in [0.29, 0.717) is 17.9 Å². The van der Waals surface area contributed by atoms with Crippen LogP contribution in [0.4, 0.5) is 0 Å². The predicted octanol–water partition coefficient (Wildman–Crippen LogP) is 0.785. The van der Waals surface area contributed by atoms with Gasteiger partial charge in [0.25, 0.3) is 0 Å². The molecule has 4 N–H and O–H groups in total. The number of hydrogen-bond donors (Lipinski definition) is 3. The standard InChI is InChI=1S/C24H43N5O2/c25-22-15-26-9-8-24(22,18-4-2-1-3-5-18)19-6-7-21(27-14-19)23(30)29-12-10-28(11-13-29)20-16-31-17-20/h18-22,26-27H,1-17,25H2/t19?,21-,22?,24?/m1/s1. The maximum Gasteiger partial charge on any atom is 0.239 e. The van der Waals surface area contributed by atoms with Gasteiger partial charge in [0.15, 0.2) is 0 Å². The van der Waals surface area contributed by atoms with Crippen LogP contribution in [-0.4, -0.2) is 92.9 Å². The maximum atomic E-state index is 13.2. The van der Waals surface area contributed by atoms with Crippen molar-refractivity contribution >= 4 is 5.91 Å². The normalized spacial score (nSPS) is 39.3. The quantitative estimate of drug-likeness (QED) is 0.608. The number of piperidine rings is 2. The molecule has 5 rings (SSSR count). The van der Waals surface area contributed by atoms with Crippen LogP contribution >= 0.6 is 0 Å². The molecule has 0 bridgehead atoms. The summed E-state index contributed by atoms with van der Waals surface area (Å²) in [5, 5.41) is 7.24. The molecule has 5 fully saturated rings. The molecule has 0 radical (unpaired) electrons. The van der Waals surface area contributed by atoms with Crippen molar-refractivity contribution in [1.29, 1.82) is 0 Å². The summed E-state index contributed by atoms with van der Waals surface area (Å²) in [5.41, 5.74) is 7.11. The minimum Gasteiger partial charge on any atom is -0.378 e. The van der Waals surface area contributed by atoms with E-state index in [1.807, 2.05) is 0 Å². The highest BCUT2D eigenvalue weighted by Gasteiger charge is 2.51. The van der Waals surface area contributed by atoms with E-state index in [4.69, 9.17) is 10.5 Å². The van der Waals surface area contributed by atoms with Crippen molar-refractivity contribution in [3.8, 4) is 0 Å². The van der Waals surface area contributed by atoms with Crippen molar-refractivity contribution in [2.75, 3.05) is 59.0 Å². The number of hydrogen-bond acceptors (Lipinski definition) is 6. The van der Waals surface area contributed by atoms with E-state index in [1.165, 1.54) is 38.5 Å². The first-order valence-electron chi connectivity index (χ1n) is 13.0. The highest BCUT2D eigenvalue weighted by atomic mass is 16.5. The van der Waals surface area contributed by atoms with Gasteiger partial charge >= 0.3 is 0 Å². The molecule has 4 heterocycles. The third-order valence-electron chi connectivity index (χ3n) is 9.39. The van der Waals surface area contributed by atoms with Crippen molar-refractivity contribution in [2.24, 2.45) is 23.0 Å². The van der Waals surface area contributed by atoms with Gasteiger partial charge in [-0.2, -0.15) is 0 Å². The zero-order valence-electron chi connectivity index (χ0n) is 19.2. The zero-order chi connectivity index (χ0) is 21.3. The Hall–Kier alpha value is -0.730. The smallest absolute Gasteiger partial charge is 0.239 e. The van der Waals surface area contributed by atoms with Gasteiger partial charge in [-0.3, -0.25) is 9.69 Å². The fourth-order valence-electron chi connectivity index (χ4n) is 7.41. The molecule has 1 saturated carbocycles. The SMILES string of the molecule is NC1CNCCC1(C1CCCCC1)C1CC[C@H](C(=O)N2CCN(C3COC3)CC2)NC1. The fraction of sp³-hybridized carbons (Fsp3) is 0.958. The molecule has 176 valence electrons. The van der Waals surface area contributed by atoms with Crippen molar-refractivity contribution < 1.29 is 9.53 Å². The van der Waals surface area contributed by atoms with Crippen molar-refractivity contribution in [1.82, 2.24) is 20.4 Å². The fourth-order valence-corrected chi connectivity index (χ4v) is 7.41. The summed E-state index contributed by atoms with van der Waals surface area (Å²) in [7, 11) is 0. The number of amides is 1. The largest absolute Gasteiger partial charge is 0.378 e. The average Bonchev–Trinajstić information content (AvgIpc) is 2.79. The van der Waals surface area contributed by atoms with Crippen LogP contribution in [0, 0.1) is 17.3 Å². The minimum atomic E-state index is -0.00354. The second-order valence-corrected chi connectivity index (χ2v) is 10.8. The average molecular weight is 434 g/mol. The van der Waals surface area contributed by atoms with Crippen LogP contribution in [0.1, 0.15) is 51.4 Å². The van der Waals surface area contributed by atoms with Crippen molar-refractivity contribution in [2.45, 2.75) is 69.5 Å². The van der Waals surface area contributed by atoms with Crippen LogP contribution in [0.15, 0.2) is 0 Å². The van der Waals surface area contributed by atoms with Gasteiger partial charge in [-0.15, -0.1) is 0 Å². The summed E-state index contributed by atoms with van der Waals surface area (Å²) < 4.78 is 5.33. The van der Waals surface area contributed by atoms with Crippen LogP contribution in [0.5, 0.6) is 0 Å². The number of carbonyl (C=O) groups excluding carboxylic acids is 1. The topological polar surface area (TPSA) is 82.9 Å². The lowest BCUT2D eigenvalue weighted by molar-refractivity contribution is -0.139. The second kappa shape index (κ2) is 9.64. The molecule has 4 aliphatic heterocycles. The van der Waals surface area contributed by atoms with Crippen LogP contribution in [-0.2, 0) is 9.53 Å². The molecule has 7 nitrogen and oxygen atoms in total. The van der Waals surface area contributed by atoms with Crippen LogP contribution in [0.2, 0.25) is 0 Å². The third kappa shape index (κ3) is 4.29. The Bertz CT molecular complexity index is 607. The molecule has 31 heavy (non-hydrogen) atoms. The van der Waals surface area contributed by atoms with Gasteiger partial charge in [-0.1, -0.05) is 19.3 Å². The summed E-state index contributed by atoms with van der Waals surface area (Å²) >= 11 is 0. The summed E-state index contributed by atoms with van der Waals surface area (Å²) in [6.45, 7) is 8.42. The first kappa shape index (κ1) is 22.1. The summed E-state index contributed by atoms with van der Waals surface area (Å²) in [6, 6.07) is 0.819. The number of carbonyl (C=O) groups is 1. The Morgan fingerprint density at radius 3 is 2.32 bits per heavy atom. The van der Waals surface area contributed by atoms with Gasteiger partial charge in [0, 0.05) is 38.8 Å². The number of rotatable bonds is 4. The van der Waals surface area contributed by atoms with Gasteiger partial charge < -0.3 is 26.0 Å². The van der Waals surface area contributed by atoms with E-state index in [1.54, 1.807) is 0 Å². The molecule has 0 aromatic heterocycles. The van der Waals surface area contributed by atoms with Gasteiger partial charge in [0.05, 0.1) is 25.3 Å². The van der Waals surface area contributed by atoms with Crippen LogP contribution < -0.4 is 16.4 Å². The van der Waals surface area contributed by atoms with Gasteiger partial charge in [0.2, 0.25) is 5.91 Å². The lowest BCUT2D eigenvalue weighted by Crippen LogP contribution is -2.64. The molecule has 0 spiro atoms. The van der Waals surface area contributed by atoms with E-state index in [0.717, 1.165) is 77.8 Å². The van der Waals surface area contributed by atoms with Crippen LogP contribution in [0.25, 0.3) is 0 Å². The summed E-state index contributed by atoms with van der Waals surface area (Å²) in [6.07, 6.45) is 10.1. The van der Waals surface area contributed by atoms with Crippen molar-refractivity contribution in [3.05, 3.63) is 0 Å². The van der Waals surface area contributed by atoms with Crippen molar-refractivity contribution in [3.63, 3.8) is 0 Å². The van der Waals surface area contributed by atoms with Gasteiger partial charge in [0.1, 0.15) is 0 Å². The zero-order valence-corrected chi connectivity index (χ0v) is 19.2. The van der Waals surface area contributed by atoms with E-state index >= 15 is 0 Å². The van der Waals surface area contributed by atoms with E-state index < -0.39 is 0 Å². The van der Waals surface area contributed by atoms with E-state index in [9.17, 15) is 4.79 Å². The summed E-state index contributed by atoms with van der Waals surface area (Å²) in [5.74, 6) is 1.69. The summed E-state index contributed by atoms with van der Waals surface area (Å²) in [4.78, 5) is 17.8. The number of nitrogens with two attached hydrogens (primary N) is 1. The molecule has 1 amide bonds. The molecule has 0 aromatic rings. The highest BCUT2D eigenvalue weighted by molar-refractivity contribution is 5.82. The lowest BCUT2D eigenvalue weighted by Gasteiger charge is -2.55. The first-order valence-corrected chi connectivity index (χ1v) is 13.0. The monoisotopic (exact) mass is 433 g/mol. The highest BCUT2D eigenvalue weighted by Crippen LogP contribution is 2.51. The molecular formula is C24H43N5O2. The molecule has 7 heteroatoms. The molecule has 0 aromatic carbocycles.